The Morgan fingerprint density at radius 2 is 2.00 bits per heavy atom. The fourth-order valence-electron chi connectivity index (χ4n) is 1.42. The van der Waals surface area contributed by atoms with Crippen molar-refractivity contribution in [2.45, 2.75) is 0 Å². The van der Waals surface area contributed by atoms with Crippen molar-refractivity contribution in [3.05, 3.63) is 36.0 Å². The van der Waals surface area contributed by atoms with Gasteiger partial charge in [-0.25, -0.2) is 0 Å². The summed E-state index contributed by atoms with van der Waals surface area (Å²) in [4.78, 5) is 3.94. The standard InChI is InChI=1S/C9H5ClN6/c10-7-4-11-5-8-14-15-9(16(7)8)6-1-2-12-13-3-6/h1-5H. The Morgan fingerprint density at radius 1 is 1.06 bits per heavy atom. The molecule has 0 amide bonds. The minimum atomic E-state index is 0.453. The third kappa shape index (κ3) is 1.31. The highest BCUT2D eigenvalue weighted by Gasteiger charge is 2.10. The van der Waals surface area contributed by atoms with Crippen LogP contribution < -0.4 is 0 Å². The number of rotatable bonds is 1. The van der Waals surface area contributed by atoms with E-state index in [4.69, 9.17) is 11.6 Å². The molecule has 3 heterocycles. The molecule has 0 spiro atoms. The van der Waals surface area contributed by atoms with E-state index in [0.29, 0.717) is 16.6 Å². The molecule has 0 saturated carbocycles. The lowest BCUT2D eigenvalue weighted by Gasteiger charge is -2.00. The van der Waals surface area contributed by atoms with Crippen molar-refractivity contribution in [1.29, 1.82) is 0 Å². The van der Waals surface area contributed by atoms with Gasteiger partial charge in [-0.2, -0.15) is 10.2 Å². The van der Waals surface area contributed by atoms with Crippen molar-refractivity contribution < 1.29 is 0 Å². The van der Waals surface area contributed by atoms with Gasteiger partial charge in [0.2, 0.25) is 0 Å². The van der Waals surface area contributed by atoms with Crippen LogP contribution in [0.25, 0.3) is 17.0 Å². The van der Waals surface area contributed by atoms with E-state index in [-0.39, 0.29) is 0 Å². The Morgan fingerprint density at radius 3 is 2.81 bits per heavy atom. The molecular weight excluding hydrogens is 228 g/mol. The summed E-state index contributed by atoms with van der Waals surface area (Å²) in [6.07, 6.45) is 6.33. The maximum absolute atomic E-state index is 6.04. The van der Waals surface area contributed by atoms with Crippen molar-refractivity contribution in [3.63, 3.8) is 0 Å². The van der Waals surface area contributed by atoms with E-state index in [9.17, 15) is 0 Å². The summed E-state index contributed by atoms with van der Waals surface area (Å²) in [7, 11) is 0. The van der Waals surface area contributed by atoms with Crippen LogP contribution in [-0.4, -0.2) is 29.8 Å². The summed E-state index contributed by atoms with van der Waals surface area (Å²) in [6, 6.07) is 1.79. The topological polar surface area (TPSA) is 68.9 Å². The van der Waals surface area contributed by atoms with Crippen LogP contribution in [0.2, 0.25) is 5.15 Å². The van der Waals surface area contributed by atoms with Crippen LogP contribution in [0.3, 0.4) is 0 Å². The molecule has 78 valence electrons. The van der Waals surface area contributed by atoms with Crippen molar-refractivity contribution in [2.24, 2.45) is 0 Å². The van der Waals surface area contributed by atoms with Crippen LogP contribution in [0.4, 0.5) is 0 Å². The largest absolute Gasteiger partial charge is 0.262 e. The Labute approximate surface area is 94.9 Å². The zero-order chi connectivity index (χ0) is 11.0. The highest BCUT2D eigenvalue weighted by atomic mass is 35.5. The SMILES string of the molecule is Clc1cncc2nnc(-c3ccnnc3)n12. The number of hydrogen-bond acceptors (Lipinski definition) is 5. The van der Waals surface area contributed by atoms with Gasteiger partial charge in [-0.05, 0) is 6.07 Å². The van der Waals surface area contributed by atoms with Crippen molar-refractivity contribution in [1.82, 2.24) is 29.8 Å². The molecule has 0 saturated heterocycles. The van der Waals surface area contributed by atoms with E-state index in [2.05, 4.69) is 25.4 Å². The summed E-state index contributed by atoms with van der Waals surface area (Å²) < 4.78 is 1.70. The molecule has 3 aromatic rings. The molecule has 0 radical (unpaired) electrons. The van der Waals surface area contributed by atoms with Gasteiger partial charge in [-0.15, -0.1) is 10.2 Å². The lowest BCUT2D eigenvalue weighted by Crippen LogP contribution is -1.93. The minimum absolute atomic E-state index is 0.453. The van der Waals surface area contributed by atoms with E-state index in [1.54, 1.807) is 29.1 Å². The lowest BCUT2D eigenvalue weighted by molar-refractivity contribution is 1.02. The predicted molar refractivity (Wildman–Crippen MR) is 56.8 cm³/mol. The summed E-state index contributed by atoms with van der Waals surface area (Å²) in [6.45, 7) is 0. The Balaban J connectivity index is 2.33. The maximum Gasteiger partial charge on any atom is 0.180 e. The van der Waals surface area contributed by atoms with E-state index in [1.165, 1.54) is 6.20 Å². The van der Waals surface area contributed by atoms with Gasteiger partial charge in [0.05, 0.1) is 24.8 Å². The number of hydrogen-bond donors (Lipinski definition) is 0. The van der Waals surface area contributed by atoms with Crippen LogP contribution in [-0.2, 0) is 0 Å². The van der Waals surface area contributed by atoms with Crippen LogP contribution in [0, 0.1) is 0 Å². The van der Waals surface area contributed by atoms with Crippen LogP contribution in [0.5, 0.6) is 0 Å². The van der Waals surface area contributed by atoms with Gasteiger partial charge in [0.25, 0.3) is 0 Å². The molecule has 3 rings (SSSR count). The van der Waals surface area contributed by atoms with Gasteiger partial charge in [0.1, 0.15) is 5.15 Å². The first kappa shape index (κ1) is 9.17. The Hall–Kier alpha value is -2.08. The van der Waals surface area contributed by atoms with Gasteiger partial charge in [-0.1, -0.05) is 11.6 Å². The molecule has 0 atom stereocenters. The number of aromatic nitrogens is 6. The number of fused-ring (bicyclic) bond motifs is 1. The quantitative estimate of drug-likeness (QED) is 0.631. The van der Waals surface area contributed by atoms with E-state index < -0.39 is 0 Å². The zero-order valence-corrected chi connectivity index (χ0v) is 8.70. The molecule has 7 heteroatoms. The molecule has 0 unspecified atom stereocenters. The Bertz CT molecular complexity index is 635. The first-order valence-corrected chi connectivity index (χ1v) is 4.86. The van der Waals surface area contributed by atoms with Gasteiger partial charge >= 0.3 is 0 Å². The summed E-state index contributed by atoms with van der Waals surface area (Å²) >= 11 is 6.04. The average molecular weight is 233 g/mol. The number of halogens is 1. The summed E-state index contributed by atoms with van der Waals surface area (Å²) in [5.74, 6) is 0.623. The molecule has 6 nitrogen and oxygen atoms in total. The second-order valence-corrected chi connectivity index (χ2v) is 3.47. The molecular formula is C9H5ClN6. The maximum atomic E-state index is 6.04. The monoisotopic (exact) mass is 232 g/mol. The van der Waals surface area contributed by atoms with Gasteiger partial charge < -0.3 is 0 Å². The van der Waals surface area contributed by atoms with Crippen LogP contribution in [0.1, 0.15) is 0 Å². The third-order valence-corrected chi connectivity index (χ3v) is 2.38. The second-order valence-electron chi connectivity index (χ2n) is 3.08. The molecule has 0 N–H and O–H groups in total. The van der Waals surface area contributed by atoms with Gasteiger partial charge in [0.15, 0.2) is 11.5 Å². The van der Waals surface area contributed by atoms with E-state index in [0.717, 1.165) is 5.56 Å². The van der Waals surface area contributed by atoms with Crippen molar-refractivity contribution in [3.8, 4) is 11.4 Å². The first-order chi connectivity index (χ1) is 7.86. The minimum Gasteiger partial charge on any atom is -0.262 e. The molecule has 16 heavy (non-hydrogen) atoms. The predicted octanol–water partition coefficient (Wildman–Crippen LogP) is 1.23. The number of nitrogens with zero attached hydrogens (tertiary/aromatic N) is 6. The molecule has 0 aromatic carbocycles. The normalized spacial score (nSPS) is 10.8. The van der Waals surface area contributed by atoms with E-state index >= 15 is 0 Å². The van der Waals surface area contributed by atoms with Crippen molar-refractivity contribution in [2.75, 3.05) is 0 Å². The van der Waals surface area contributed by atoms with Crippen LogP contribution in [0.15, 0.2) is 30.9 Å². The van der Waals surface area contributed by atoms with E-state index in [1.807, 2.05) is 0 Å². The molecule has 0 aliphatic carbocycles. The second kappa shape index (κ2) is 3.49. The van der Waals surface area contributed by atoms with Crippen molar-refractivity contribution >= 4 is 17.2 Å². The zero-order valence-electron chi connectivity index (χ0n) is 7.95. The molecule has 0 aliphatic heterocycles. The first-order valence-electron chi connectivity index (χ1n) is 4.48. The lowest BCUT2D eigenvalue weighted by atomic mass is 10.3. The van der Waals surface area contributed by atoms with Gasteiger partial charge in [0, 0.05) is 5.56 Å². The van der Waals surface area contributed by atoms with Crippen LogP contribution >= 0.6 is 11.6 Å². The highest BCUT2D eigenvalue weighted by molar-refractivity contribution is 6.29. The molecule has 0 bridgehead atoms. The summed E-state index contributed by atoms with van der Waals surface area (Å²) in [5.41, 5.74) is 1.40. The third-order valence-electron chi connectivity index (χ3n) is 2.12. The highest BCUT2D eigenvalue weighted by Crippen LogP contribution is 2.19. The average Bonchev–Trinajstić information content (AvgIpc) is 2.75. The molecule has 0 aliphatic rings. The Kier molecular flexibility index (Phi) is 2.00. The molecule has 0 fully saturated rings. The molecule has 3 aromatic heterocycles. The fraction of sp³-hybridized carbons (Fsp3) is 0. The van der Waals surface area contributed by atoms with Gasteiger partial charge in [-0.3, -0.25) is 9.38 Å². The smallest absolute Gasteiger partial charge is 0.180 e. The fourth-order valence-corrected chi connectivity index (χ4v) is 1.65. The summed E-state index contributed by atoms with van der Waals surface area (Å²) in [5, 5.41) is 16.0.